The van der Waals surface area contributed by atoms with Crippen molar-refractivity contribution >= 4 is 18.0 Å². The molecule has 0 spiro atoms. The van der Waals surface area contributed by atoms with Gasteiger partial charge < -0.3 is 18.9 Å². The van der Waals surface area contributed by atoms with Crippen LogP contribution in [0.25, 0.3) is 6.08 Å². The Morgan fingerprint density at radius 3 is 1.60 bits per heavy atom. The lowest BCUT2D eigenvalue weighted by Crippen LogP contribution is -2.38. The van der Waals surface area contributed by atoms with E-state index in [0.717, 1.165) is 16.7 Å². The Kier molecular flexibility index (Phi) is 8.96. The second-order valence-electron chi connectivity index (χ2n) is 10.6. The molecular weight excluding hydrogens is 528 g/mol. The lowest BCUT2D eigenvalue weighted by Gasteiger charge is -2.31. The number of hydrogen-bond donors (Lipinski definition) is 0. The fraction of sp³-hybridized carbons (Fsp3) is 0.222. The van der Waals surface area contributed by atoms with Gasteiger partial charge in [-0.3, -0.25) is 0 Å². The molecule has 4 aromatic carbocycles. The second kappa shape index (κ2) is 13.0. The summed E-state index contributed by atoms with van der Waals surface area (Å²) < 4.78 is 25.3. The van der Waals surface area contributed by atoms with E-state index in [9.17, 15) is 9.59 Å². The van der Waals surface area contributed by atoms with Crippen molar-refractivity contribution in [2.75, 3.05) is 0 Å². The summed E-state index contributed by atoms with van der Waals surface area (Å²) in [5.41, 5.74) is 3.21. The van der Waals surface area contributed by atoms with Crippen molar-refractivity contribution in [3.05, 3.63) is 149 Å². The van der Waals surface area contributed by atoms with E-state index in [-0.39, 0.29) is 0 Å². The average molecular weight is 563 g/mol. The second-order valence-corrected chi connectivity index (χ2v) is 10.6. The minimum Gasteiger partial charge on any atom is -0.451 e. The van der Waals surface area contributed by atoms with Gasteiger partial charge in [0.05, 0.1) is 5.56 Å². The fourth-order valence-corrected chi connectivity index (χ4v) is 5.04. The van der Waals surface area contributed by atoms with E-state index < -0.39 is 42.1 Å². The summed E-state index contributed by atoms with van der Waals surface area (Å²) in [5.74, 6) is -2.03. The molecule has 5 rings (SSSR count). The van der Waals surface area contributed by atoms with Crippen LogP contribution in [-0.4, -0.2) is 29.9 Å². The number of carbonyl (C=O) groups excluding carboxylic acids is 2. The topological polar surface area (TPSA) is 71.1 Å². The molecule has 1 heterocycles. The molecule has 0 N–H and O–H groups in total. The Morgan fingerprint density at radius 1 is 0.667 bits per heavy atom. The molecule has 4 aromatic rings. The van der Waals surface area contributed by atoms with Crippen LogP contribution in [0, 0.1) is 0 Å². The van der Waals surface area contributed by atoms with Crippen molar-refractivity contribution in [3.63, 3.8) is 0 Å². The van der Waals surface area contributed by atoms with Gasteiger partial charge in [0.1, 0.15) is 12.2 Å². The molecule has 1 saturated heterocycles. The van der Waals surface area contributed by atoms with E-state index in [1.54, 1.807) is 51.1 Å². The Labute approximate surface area is 246 Å². The molecule has 0 radical (unpaired) electrons. The van der Waals surface area contributed by atoms with E-state index in [4.69, 9.17) is 18.9 Å². The van der Waals surface area contributed by atoms with Crippen LogP contribution in [0.15, 0.2) is 127 Å². The van der Waals surface area contributed by atoms with Gasteiger partial charge >= 0.3 is 11.9 Å². The first-order chi connectivity index (χ1) is 20.3. The number of carbonyl (C=O) groups is 2. The highest BCUT2D eigenvalue weighted by molar-refractivity contribution is 5.93. The van der Waals surface area contributed by atoms with Gasteiger partial charge in [-0.2, -0.15) is 0 Å². The maximum atomic E-state index is 13.5. The third-order valence-corrected chi connectivity index (χ3v) is 7.00. The zero-order chi connectivity index (χ0) is 29.5. The largest absolute Gasteiger partial charge is 0.451 e. The molecule has 1 aliphatic rings. The van der Waals surface area contributed by atoms with Crippen molar-refractivity contribution in [2.45, 2.75) is 51.0 Å². The summed E-state index contributed by atoms with van der Waals surface area (Å²) in [4.78, 5) is 26.8. The molecule has 0 aliphatic carbocycles. The van der Waals surface area contributed by atoms with Crippen molar-refractivity contribution < 1.29 is 28.5 Å². The third kappa shape index (κ3) is 7.03. The molecule has 42 heavy (non-hydrogen) atoms. The van der Waals surface area contributed by atoms with E-state index in [0.29, 0.717) is 11.1 Å². The predicted octanol–water partition coefficient (Wildman–Crippen LogP) is 7.49. The minimum atomic E-state index is -1.05. The number of hydrogen-bond acceptors (Lipinski definition) is 6. The lowest BCUT2D eigenvalue weighted by atomic mass is 9.93. The van der Waals surface area contributed by atoms with Gasteiger partial charge in [-0.1, -0.05) is 109 Å². The van der Waals surface area contributed by atoms with Gasteiger partial charge in [-0.15, -0.1) is 0 Å². The monoisotopic (exact) mass is 562 g/mol. The Balaban J connectivity index is 1.52. The summed E-state index contributed by atoms with van der Waals surface area (Å²) in [6, 6.07) is 37.2. The first-order valence-corrected chi connectivity index (χ1v) is 14.0. The zero-order valence-electron chi connectivity index (χ0n) is 23.9. The summed E-state index contributed by atoms with van der Waals surface area (Å²) in [6.07, 6.45) is -1.52. The van der Waals surface area contributed by atoms with Crippen LogP contribution in [0.5, 0.6) is 0 Å². The third-order valence-electron chi connectivity index (χ3n) is 7.00. The van der Waals surface area contributed by atoms with Crippen LogP contribution in [0.1, 0.15) is 60.0 Å². The predicted molar refractivity (Wildman–Crippen MR) is 160 cm³/mol. The Morgan fingerprint density at radius 2 is 1.10 bits per heavy atom. The maximum Gasteiger partial charge on any atom is 0.338 e. The van der Waals surface area contributed by atoms with Crippen LogP contribution < -0.4 is 0 Å². The molecule has 6 nitrogen and oxygen atoms in total. The summed E-state index contributed by atoms with van der Waals surface area (Å²) in [5, 5.41) is 0. The van der Waals surface area contributed by atoms with Crippen LogP contribution in [0.3, 0.4) is 0 Å². The summed E-state index contributed by atoms with van der Waals surface area (Å²) >= 11 is 0. The van der Waals surface area contributed by atoms with E-state index in [1.807, 2.05) is 97.1 Å². The molecule has 0 aromatic heterocycles. The van der Waals surface area contributed by atoms with Gasteiger partial charge in [0.25, 0.3) is 0 Å². The molecule has 4 atom stereocenters. The summed E-state index contributed by atoms with van der Waals surface area (Å²) in [6.45, 7) is 5.32. The van der Waals surface area contributed by atoms with Gasteiger partial charge in [-0.25, -0.2) is 9.59 Å². The normalized spacial score (nSPS) is 19.5. The number of esters is 2. The molecule has 214 valence electrons. The van der Waals surface area contributed by atoms with Gasteiger partial charge in [0.15, 0.2) is 18.0 Å². The highest BCUT2D eigenvalue weighted by atomic mass is 16.8. The average Bonchev–Trinajstić information content (AvgIpc) is 3.34. The maximum absolute atomic E-state index is 13.5. The molecule has 0 bridgehead atoms. The first kappa shape index (κ1) is 29.0. The molecule has 6 heteroatoms. The minimum absolute atomic E-state index is 0.417. The molecule has 0 saturated carbocycles. The standard InChI is InChI=1S/C36H34O6/c1-25(24-26-16-8-4-9-17-26)34(37)39-30(27-18-10-5-11-19-27)32-33(42-36(2,3)41-32)31(28-20-12-6-13-21-28)40-35(38)29-22-14-7-15-23-29/h4-24,30-33H,1-3H3/b25-24+/t30-,31-,32+,33+/m1/s1. The zero-order valence-corrected chi connectivity index (χ0v) is 23.9. The Bertz CT molecular complexity index is 1500. The SMILES string of the molecule is C/C(=C\c1ccccc1)C(=O)O[C@H](c1ccccc1)[C@@H]1OC(C)(C)O[C@H]1[C@H](OC(=O)c1ccccc1)c1ccccc1. The van der Waals surface area contributed by atoms with Gasteiger partial charge in [-0.05, 0) is 55.7 Å². The quantitative estimate of drug-likeness (QED) is 0.155. The van der Waals surface area contributed by atoms with Crippen molar-refractivity contribution in [1.82, 2.24) is 0 Å². The van der Waals surface area contributed by atoms with Crippen molar-refractivity contribution in [3.8, 4) is 0 Å². The highest BCUT2D eigenvalue weighted by Crippen LogP contribution is 2.43. The van der Waals surface area contributed by atoms with Crippen molar-refractivity contribution in [2.24, 2.45) is 0 Å². The van der Waals surface area contributed by atoms with Crippen LogP contribution in [0.2, 0.25) is 0 Å². The smallest absolute Gasteiger partial charge is 0.338 e. The van der Waals surface area contributed by atoms with Gasteiger partial charge in [0.2, 0.25) is 0 Å². The van der Waals surface area contributed by atoms with Gasteiger partial charge in [0, 0.05) is 5.57 Å². The molecule has 0 amide bonds. The summed E-state index contributed by atoms with van der Waals surface area (Å²) in [7, 11) is 0. The van der Waals surface area contributed by atoms with E-state index >= 15 is 0 Å². The Hall–Kier alpha value is -4.52. The van der Waals surface area contributed by atoms with Crippen LogP contribution in [0.4, 0.5) is 0 Å². The first-order valence-electron chi connectivity index (χ1n) is 14.0. The molecule has 0 unspecified atom stereocenters. The van der Waals surface area contributed by atoms with Crippen molar-refractivity contribution in [1.29, 1.82) is 0 Å². The van der Waals surface area contributed by atoms with E-state index in [1.165, 1.54) is 0 Å². The molecule has 1 fully saturated rings. The van der Waals surface area contributed by atoms with E-state index in [2.05, 4.69) is 0 Å². The fourth-order valence-electron chi connectivity index (χ4n) is 5.04. The van der Waals surface area contributed by atoms with Crippen LogP contribution in [-0.2, 0) is 23.7 Å². The lowest BCUT2D eigenvalue weighted by molar-refractivity contribution is -0.170. The number of ether oxygens (including phenoxy) is 4. The number of benzene rings is 4. The highest BCUT2D eigenvalue weighted by Gasteiger charge is 2.52. The van der Waals surface area contributed by atoms with Crippen LogP contribution >= 0.6 is 0 Å². The number of rotatable bonds is 9. The molecule has 1 aliphatic heterocycles. The molecular formula is C36H34O6.